The normalized spacial score (nSPS) is 11.5. The zero-order chi connectivity index (χ0) is 19.8. The summed E-state index contributed by atoms with van der Waals surface area (Å²) in [5.74, 6) is 1.72. The Hall–Kier alpha value is -3.27. The number of ketones is 1. The van der Waals surface area contributed by atoms with E-state index in [1.165, 1.54) is 0 Å². The monoisotopic (exact) mass is 375 g/mol. The Balaban J connectivity index is 1.82. The van der Waals surface area contributed by atoms with E-state index in [1.54, 1.807) is 7.11 Å². The lowest BCUT2D eigenvalue weighted by Crippen LogP contribution is -2.16. The van der Waals surface area contributed by atoms with Crippen LogP contribution in [0.15, 0.2) is 78.9 Å². The van der Waals surface area contributed by atoms with Crippen LogP contribution in [0.2, 0.25) is 0 Å². The molecule has 0 heterocycles. The van der Waals surface area contributed by atoms with Gasteiger partial charge in [-0.15, -0.1) is 0 Å². The fraction of sp³-hybridized carbons (Fsp3) is 0.208. The molecular weight excluding hydrogens is 350 g/mol. The number of methoxy groups -OCH3 is 1. The molecule has 0 amide bonds. The van der Waals surface area contributed by atoms with Crippen LogP contribution in [0.4, 0.5) is 5.69 Å². The van der Waals surface area contributed by atoms with Crippen molar-refractivity contribution in [3.8, 4) is 11.5 Å². The number of anilines is 1. The van der Waals surface area contributed by atoms with Crippen molar-refractivity contribution in [2.24, 2.45) is 0 Å². The highest BCUT2D eigenvalue weighted by atomic mass is 16.5. The van der Waals surface area contributed by atoms with Crippen molar-refractivity contribution >= 4 is 11.5 Å². The number of carbonyl (C=O) groups excluding carboxylic acids is 1. The fourth-order valence-electron chi connectivity index (χ4n) is 3.03. The highest BCUT2D eigenvalue weighted by molar-refractivity contribution is 5.96. The second-order valence-corrected chi connectivity index (χ2v) is 6.42. The van der Waals surface area contributed by atoms with Gasteiger partial charge in [0.05, 0.1) is 19.8 Å². The van der Waals surface area contributed by atoms with Gasteiger partial charge in [0.25, 0.3) is 0 Å². The topological polar surface area (TPSA) is 47.6 Å². The molecule has 4 nitrogen and oxygen atoms in total. The van der Waals surface area contributed by atoms with E-state index in [1.807, 2.05) is 85.8 Å². The lowest BCUT2D eigenvalue weighted by molar-refractivity contribution is 0.0976. The van der Waals surface area contributed by atoms with E-state index in [4.69, 9.17) is 9.47 Å². The second-order valence-electron chi connectivity index (χ2n) is 6.42. The Labute approximate surface area is 166 Å². The van der Waals surface area contributed by atoms with Crippen LogP contribution < -0.4 is 14.8 Å². The summed E-state index contributed by atoms with van der Waals surface area (Å²) in [6.45, 7) is 2.58. The van der Waals surface area contributed by atoms with Crippen molar-refractivity contribution < 1.29 is 14.3 Å². The van der Waals surface area contributed by atoms with Gasteiger partial charge in [0, 0.05) is 17.7 Å². The quantitative estimate of drug-likeness (QED) is 0.500. The first-order valence-electron chi connectivity index (χ1n) is 9.41. The second kappa shape index (κ2) is 9.60. The summed E-state index contributed by atoms with van der Waals surface area (Å²) in [5, 5.41) is 3.48. The van der Waals surface area contributed by atoms with Crippen LogP contribution in [-0.4, -0.2) is 19.5 Å². The van der Waals surface area contributed by atoms with Crippen molar-refractivity contribution in [3.05, 3.63) is 90.0 Å². The van der Waals surface area contributed by atoms with Crippen LogP contribution in [0.1, 0.15) is 35.3 Å². The Bertz CT molecular complexity index is 874. The van der Waals surface area contributed by atoms with Crippen LogP contribution in [-0.2, 0) is 0 Å². The van der Waals surface area contributed by atoms with Crippen LogP contribution in [0, 0.1) is 0 Å². The maximum atomic E-state index is 12.8. The summed E-state index contributed by atoms with van der Waals surface area (Å²) in [6.07, 6.45) is 0.351. The molecule has 1 N–H and O–H groups in total. The molecule has 3 aromatic rings. The molecule has 1 atom stereocenters. The highest BCUT2D eigenvalue weighted by Gasteiger charge is 2.17. The highest BCUT2D eigenvalue weighted by Crippen LogP contribution is 2.27. The minimum Gasteiger partial charge on any atom is -0.497 e. The molecule has 0 spiro atoms. The first-order valence-corrected chi connectivity index (χ1v) is 9.41. The Morgan fingerprint density at radius 2 is 1.54 bits per heavy atom. The number of rotatable bonds is 9. The number of hydrogen-bond acceptors (Lipinski definition) is 4. The summed E-state index contributed by atoms with van der Waals surface area (Å²) in [6, 6.07) is 24.8. The molecule has 0 saturated carbocycles. The fourth-order valence-corrected chi connectivity index (χ4v) is 3.03. The standard InChI is InChI=1S/C24H25NO3/c1-3-28-22-13-9-18(10-14-22)23(17-24(26)19-7-5-4-6-8-19)25-20-11-15-21(27-2)16-12-20/h4-16,23,25H,3,17H2,1-2H3. The Morgan fingerprint density at radius 3 is 2.14 bits per heavy atom. The predicted octanol–water partition coefficient (Wildman–Crippen LogP) is 5.52. The molecule has 0 fully saturated rings. The number of carbonyl (C=O) groups is 1. The molecule has 0 aliphatic carbocycles. The predicted molar refractivity (Wildman–Crippen MR) is 112 cm³/mol. The van der Waals surface area contributed by atoms with Crippen LogP contribution in [0.25, 0.3) is 0 Å². The molecule has 0 aliphatic rings. The maximum absolute atomic E-state index is 12.8. The van der Waals surface area contributed by atoms with Gasteiger partial charge in [0.1, 0.15) is 11.5 Å². The van der Waals surface area contributed by atoms with E-state index in [0.29, 0.717) is 13.0 Å². The van der Waals surface area contributed by atoms with Gasteiger partial charge in [-0.2, -0.15) is 0 Å². The van der Waals surface area contributed by atoms with Gasteiger partial charge in [-0.1, -0.05) is 42.5 Å². The molecule has 0 bridgehead atoms. The maximum Gasteiger partial charge on any atom is 0.165 e. The van der Waals surface area contributed by atoms with Crippen molar-refractivity contribution in [2.75, 3.05) is 19.0 Å². The van der Waals surface area contributed by atoms with E-state index >= 15 is 0 Å². The summed E-state index contributed by atoms with van der Waals surface area (Å²) in [5.41, 5.74) is 2.68. The summed E-state index contributed by atoms with van der Waals surface area (Å²) in [7, 11) is 1.64. The van der Waals surface area contributed by atoms with Crippen molar-refractivity contribution in [1.29, 1.82) is 0 Å². The van der Waals surface area contributed by atoms with Gasteiger partial charge in [0.15, 0.2) is 5.78 Å². The van der Waals surface area contributed by atoms with E-state index in [0.717, 1.165) is 28.3 Å². The minimum absolute atomic E-state index is 0.0977. The van der Waals surface area contributed by atoms with Gasteiger partial charge in [-0.25, -0.2) is 0 Å². The van der Waals surface area contributed by atoms with Crippen LogP contribution in [0.3, 0.4) is 0 Å². The molecular formula is C24H25NO3. The van der Waals surface area contributed by atoms with Crippen LogP contribution >= 0.6 is 0 Å². The smallest absolute Gasteiger partial charge is 0.165 e. The van der Waals surface area contributed by atoms with E-state index in [9.17, 15) is 4.79 Å². The average molecular weight is 375 g/mol. The Kier molecular flexibility index (Phi) is 6.68. The molecule has 3 rings (SSSR count). The lowest BCUT2D eigenvalue weighted by atomic mass is 9.97. The molecule has 0 radical (unpaired) electrons. The number of hydrogen-bond donors (Lipinski definition) is 1. The average Bonchev–Trinajstić information content (AvgIpc) is 2.75. The third-order valence-electron chi connectivity index (χ3n) is 4.51. The molecule has 3 aromatic carbocycles. The number of ether oxygens (including phenoxy) is 2. The van der Waals surface area contributed by atoms with Gasteiger partial charge in [-0.3, -0.25) is 4.79 Å². The molecule has 0 saturated heterocycles. The van der Waals surface area contributed by atoms with Gasteiger partial charge >= 0.3 is 0 Å². The third kappa shape index (κ3) is 5.13. The first-order chi connectivity index (χ1) is 13.7. The van der Waals surface area contributed by atoms with Gasteiger partial charge in [0.2, 0.25) is 0 Å². The number of benzene rings is 3. The third-order valence-corrected chi connectivity index (χ3v) is 4.51. The van der Waals surface area contributed by atoms with Crippen LogP contribution in [0.5, 0.6) is 11.5 Å². The van der Waals surface area contributed by atoms with Crippen molar-refractivity contribution in [1.82, 2.24) is 0 Å². The SMILES string of the molecule is CCOc1ccc(C(CC(=O)c2ccccc2)Nc2ccc(OC)cc2)cc1. The van der Waals surface area contributed by atoms with Crippen molar-refractivity contribution in [3.63, 3.8) is 0 Å². The molecule has 28 heavy (non-hydrogen) atoms. The van der Waals surface area contributed by atoms with E-state index < -0.39 is 0 Å². The summed E-state index contributed by atoms with van der Waals surface area (Å²) < 4.78 is 10.8. The zero-order valence-electron chi connectivity index (χ0n) is 16.2. The summed E-state index contributed by atoms with van der Waals surface area (Å²) >= 11 is 0. The molecule has 1 unspecified atom stereocenters. The molecule has 144 valence electrons. The number of nitrogens with one attached hydrogen (secondary N) is 1. The first kappa shape index (κ1) is 19.5. The van der Waals surface area contributed by atoms with Gasteiger partial charge < -0.3 is 14.8 Å². The van der Waals surface area contributed by atoms with E-state index in [2.05, 4.69) is 5.32 Å². The summed E-state index contributed by atoms with van der Waals surface area (Å²) in [4.78, 5) is 12.8. The van der Waals surface area contributed by atoms with Gasteiger partial charge in [-0.05, 0) is 48.9 Å². The zero-order valence-corrected chi connectivity index (χ0v) is 16.2. The lowest BCUT2D eigenvalue weighted by Gasteiger charge is -2.21. The molecule has 0 aromatic heterocycles. The largest absolute Gasteiger partial charge is 0.497 e. The minimum atomic E-state index is -0.156. The molecule has 0 aliphatic heterocycles. The number of Topliss-reactive ketones (excluding diaryl/α,β-unsaturated/α-hetero) is 1. The van der Waals surface area contributed by atoms with Crippen molar-refractivity contribution in [2.45, 2.75) is 19.4 Å². The molecule has 4 heteroatoms. The van der Waals surface area contributed by atoms with E-state index in [-0.39, 0.29) is 11.8 Å². The Morgan fingerprint density at radius 1 is 0.893 bits per heavy atom.